The van der Waals surface area contributed by atoms with Crippen molar-refractivity contribution in [3.8, 4) is 0 Å². The van der Waals surface area contributed by atoms with Gasteiger partial charge in [-0.25, -0.2) is 0 Å². The van der Waals surface area contributed by atoms with Gasteiger partial charge < -0.3 is 5.32 Å². The summed E-state index contributed by atoms with van der Waals surface area (Å²) in [4.78, 5) is 0. The minimum atomic E-state index is 0.490. The molecule has 1 N–H and O–H groups in total. The van der Waals surface area contributed by atoms with Crippen LogP contribution in [-0.2, 0) is 6.42 Å². The fourth-order valence-corrected chi connectivity index (χ4v) is 2.41. The molecule has 2 heteroatoms. The molecule has 1 aromatic rings. The zero-order chi connectivity index (χ0) is 11.4. The third kappa shape index (κ3) is 2.87. The minimum Gasteiger partial charge on any atom is -0.313 e. The summed E-state index contributed by atoms with van der Waals surface area (Å²) in [6.07, 6.45) is 7.25. The highest BCUT2D eigenvalue weighted by Gasteiger charge is 2.15. The van der Waals surface area contributed by atoms with Crippen LogP contribution in [0.2, 0.25) is 5.02 Å². The summed E-state index contributed by atoms with van der Waals surface area (Å²) in [7, 11) is 2.04. The van der Waals surface area contributed by atoms with Crippen molar-refractivity contribution in [2.45, 2.75) is 31.7 Å². The van der Waals surface area contributed by atoms with E-state index in [1.165, 1.54) is 24.8 Å². The number of rotatable bonds is 4. The topological polar surface area (TPSA) is 12.0 Å². The van der Waals surface area contributed by atoms with Crippen LogP contribution in [0.3, 0.4) is 0 Å². The van der Waals surface area contributed by atoms with Crippen LogP contribution >= 0.6 is 11.6 Å². The maximum atomic E-state index is 5.88. The molecule has 1 nitrogen and oxygen atoms in total. The molecule has 0 saturated carbocycles. The molecule has 2 rings (SSSR count). The lowest BCUT2D eigenvalue weighted by Gasteiger charge is -2.17. The fourth-order valence-electron chi connectivity index (χ4n) is 2.29. The van der Waals surface area contributed by atoms with E-state index >= 15 is 0 Å². The molecule has 1 aromatic carbocycles. The predicted octanol–water partition coefficient (Wildman–Crippen LogP) is 3.58. The summed E-state index contributed by atoms with van der Waals surface area (Å²) in [5, 5.41) is 4.22. The largest absolute Gasteiger partial charge is 0.313 e. The number of allylic oxidation sites excluding steroid dienone is 1. The molecule has 1 unspecified atom stereocenters. The van der Waals surface area contributed by atoms with E-state index in [0.717, 1.165) is 11.4 Å². The number of hydrogen-bond acceptors (Lipinski definition) is 1. The zero-order valence-electron chi connectivity index (χ0n) is 9.67. The first-order valence-electron chi connectivity index (χ1n) is 5.90. The highest BCUT2D eigenvalue weighted by Crippen LogP contribution is 2.23. The lowest BCUT2D eigenvalue weighted by atomic mass is 9.98. The number of likely N-dealkylation sites (N-methyl/N-ethyl adjacent to an activating group) is 1. The first-order valence-corrected chi connectivity index (χ1v) is 6.28. The van der Waals surface area contributed by atoms with Crippen LogP contribution in [0.15, 0.2) is 35.9 Å². The van der Waals surface area contributed by atoms with E-state index in [2.05, 4.69) is 23.5 Å². The van der Waals surface area contributed by atoms with E-state index < -0.39 is 0 Å². The van der Waals surface area contributed by atoms with Gasteiger partial charge in [-0.15, -0.1) is 0 Å². The Morgan fingerprint density at radius 3 is 2.62 bits per heavy atom. The van der Waals surface area contributed by atoms with Crippen molar-refractivity contribution < 1.29 is 0 Å². The standard InChI is InChI=1S/C14H18ClN/c1-16-14(12-4-2-3-5-12)10-11-6-8-13(15)9-7-11/h4,6-9,14,16H,2-3,5,10H2,1H3. The Labute approximate surface area is 103 Å². The van der Waals surface area contributed by atoms with Gasteiger partial charge >= 0.3 is 0 Å². The van der Waals surface area contributed by atoms with Crippen LogP contribution in [0.5, 0.6) is 0 Å². The SMILES string of the molecule is CNC(Cc1ccc(Cl)cc1)C1=CCCC1. The third-order valence-corrected chi connectivity index (χ3v) is 3.48. The van der Waals surface area contributed by atoms with Gasteiger partial charge in [0.15, 0.2) is 0 Å². The highest BCUT2D eigenvalue weighted by atomic mass is 35.5. The van der Waals surface area contributed by atoms with Gasteiger partial charge in [0.1, 0.15) is 0 Å². The Hall–Kier alpha value is -0.790. The van der Waals surface area contributed by atoms with Crippen molar-refractivity contribution in [2.75, 3.05) is 7.05 Å². The van der Waals surface area contributed by atoms with Crippen molar-refractivity contribution in [3.63, 3.8) is 0 Å². The van der Waals surface area contributed by atoms with Gasteiger partial charge in [0.25, 0.3) is 0 Å². The number of benzene rings is 1. The second-order valence-corrected chi connectivity index (χ2v) is 4.78. The Bertz CT molecular complexity index is 367. The molecule has 0 radical (unpaired) electrons. The Morgan fingerprint density at radius 1 is 1.31 bits per heavy atom. The summed E-state index contributed by atoms with van der Waals surface area (Å²) in [6, 6.07) is 8.65. The van der Waals surface area contributed by atoms with E-state index in [-0.39, 0.29) is 0 Å². The van der Waals surface area contributed by atoms with Gasteiger partial charge in [0, 0.05) is 11.1 Å². The van der Waals surface area contributed by atoms with Crippen molar-refractivity contribution >= 4 is 11.6 Å². The van der Waals surface area contributed by atoms with Crippen LogP contribution in [0, 0.1) is 0 Å². The molecule has 1 atom stereocenters. The van der Waals surface area contributed by atoms with Crippen LogP contribution in [0.25, 0.3) is 0 Å². The zero-order valence-corrected chi connectivity index (χ0v) is 10.4. The fraction of sp³-hybridized carbons (Fsp3) is 0.429. The van der Waals surface area contributed by atoms with E-state index in [1.807, 2.05) is 19.2 Å². The second kappa shape index (κ2) is 5.51. The van der Waals surface area contributed by atoms with Crippen molar-refractivity contribution in [1.82, 2.24) is 5.32 Å². The molecule has 1 aliphatic carbocycles. The lowest BCUT2D eigenvalue weighted by Crippen LogP contribution is -2.29. The summed E-state index contributed by atoms with van der Waals surface area (Å²) in [6.45, 7) is 0. The monoisotopic (exact) mass is 235 g/mol. The smallest absolute Gasteiger partial charge is 0.0406 e. The minimum absolute atomic E-state index is 0.490. The predicted molar refractivity (Wildman–Crippen MR) is 69.9 cm³/mol. The van der Waals surface area contributed by atoms with Crippen LogP contribution in [0.1, 0.15) is 24.8 Å². The molecule has 0 bridgehead atoms. The van der Waals surface area contributed by atoms with E-state index in [0.29, 0.717) is 6.04 Å². The second-order valence-electron chi connectivity index (χ2n) is 4.34. The number of halogens is 1. The van der Waals surface area contributed by atoms with E-state index in [4.69, 9.17) is 11.6 Å². The van der Waals surface area contributed by atoms with Crippen molar-refractivity contribution in [1.29, 1.82) is 0 Å². The van der Waals surface area contributed by atoms with Crippen molar-refractivity contribution in [2.24, 2.45) is 0 Å². The van der Waals surface area contributed by atoms with Gasteiger partial charge in [-0.05, 0) is 50.4 Å². The van der Waals surface area contributed by atoms with E-state index in [1.54, 1.807) is 5.57 Å². The van der Waals surface area contributed by atoms with Gasteiger partial charge in [-0.1, -0.05) is 35.4 Å². The maximum absolute atomic E-state index is 5.88. The van der Waals surface area contributed by atoms with Crippen LogP contribution < -0.4 is 5.32 Å². The molecule has 0 heterocycles. The number of nitrogens with one attached hydrogen (secondary N) is 1. The molecule has 0 fully saturated rings. The Kier molecular flexibility index (Phi) is 4.03. The summed E-state index contributed by atoms with van der Waals surface area (Å²) in [5.41, 5.74) is 2.91. The molecule has 0 aliphatic heterocycles. The Morgan fingerprint density at radius 2 is 2.06 bits per heavy atom. The first-order chi connectivity index (χ1) is 7.79. The molecule has 86 valence electrons. The molecule has 0 saturated heterocycles. The molecule has 0 spiro atoms. The van der Waals surface area contributed by atoms with Gasteiger partial charge in [0.2, 0.25) is 0 Å². The number of hydrogen-bond donors (Lipinski definition) is 1. The molecule has 0 aromatic heterocycles. The maximum Gasteiger partial charge on any atom is 0.0406 e. The summed E-state index contributed by atoms with van der Waals surface area (Å²) in [5.74, 6) is 0. The van der Waals surface area contributed by atoms with Crippen LogP contribution in [0.4, 0.5) is 0 Å². The summed E-state index contributed by atoms with van der Waals surface area (Å²) < 4.78 is 0. The van der Waals surface area contributed by atoms with Crippen molar-refractivity contribution in [3.05, 3.63) is 46.5 Å². The van der Waals surface area contributed by atoms with E-state index in [9.17, 15) is 0 Å². The van der Waals surface area contributed by atoms with Gasteiger partial charge in [0.05, 0.1) is 0 Å². The molecule has 0 amide bonds. The molecular formula is C14H18ClN. The van der Waals surface area contributed by atoms with Crippen LogP contribution in [-0.4, -0.2) is 13.1 Å². The molecule has 1 aliphatic rings. The quantitative estimate of drug-likeness (QED) is 0.787. The molecular weight excluding hydrogens is 218 g/mol. The highest BCUT2D eigenvalue weighted by molar-refractivity contribution is 6.30. The average molecular weight is 236 g/mol. The third-order valence-electron chi connectivity index (χ3n) is 3.23. The Balaban J connectivity index is 2.03. The average Bonchev–Trinajstić information content (AvgIpc) is 2.82. The normalized spacial score (nSPS) is 17.2. The van der Waals surface area contributed by atoms with Gasteiger partial charge in [-0.3, -0.25) is 0 Å². The first kappa shape index (κ1) is 11.7. The molecule has 16 heavy (non-hydrogen) atoms. The summed E-state index contributed by atoms with van der Waals surface area (Å²) >= 11 is 5.88. The lowest BCUT2D eigenvalue weighted by molar-refractivity contribution is 0.615. The van der Waals surface area contributed by atoms with Gasteiger partial charge in [-0.2, -0.15) is 0 Å².